The van der Waals surface area contributed by atoms with E-state index in [1.165, 1.54) is 19.0 Å². The number of benzene rings is 1. The first-order valence-electron chi connectivity index (χ1n) is 6.95. The van der Waals surface area contributed by atoms with Crippen LogP contribution in [0, 0.1) is 0 Å². The highest BCUT2D eigenvalue weighted by molar-refractivity contribution is 7.89. The minimum absolute atomic E-state index is 0.114. The number of carbonyl (C=O) groups excluding carboxylic acids is 1. The van der Waals surface area contributed by atoms with Crippen LogP contribution in [0.2, 0.25) is 0 Å². The van der Waals surface area contributed by atoms with Crippen LogP contribution in [0.1, 0.15) is 18.4 Å². The van der Waals surface area contributed by atoms with E-state index in [9.17, 15) is 26.4 Å². The topological polar surface area (TPSA) is 57.7 Å². The molecule has 1 aromatic carbocycles. The lowest BCUT2D eigenvalue weighted by molar-refractivity contribution is -0.137. The predicted molar refractivity (Wildman–Crippen MR) is 77.1 cm³/mol. The summed E-state index contributed by atoms with van der Waals surface area (Å²) in [6.45, 7) is 0.114. The van der Waals surface area contributed by atoms with Crippen molar-refractivity contribution in [3.63, 3.8) is 0 Å². The number of amides is 1. The van der Waals surface area contributed by atoms with Crippen molar-refractivity contribution in [2.75, 3.05) is 20.6 Å². The lowest BCUT2D eigenvalue weighted by atomic mass is 10.2. The van der Waals surface area contributed by atoms with Crippen molar-refractivity contribution in [3.8, 4) is 0 Å². The largest absolute Gasteiger partial charge is 0.416 e. The summed E-state index contributed by atoms with van der Waals surface area (Å²) in [5.74, 6) is -0.377. The third-order valence-electron chi connectivity index (χ3n) is 3.70. The quantitative estimate of drug-likeness (QED) is 0.837. The second kappa shape index (κ2) is 6.12. The fourth-order valence-corrected chi connectivity index (χ4v) is 4.24. The van der Waals surface area contributed by atoms with Crippen LogP contribution >= 0.6 is 0 Å². The molecule has 1 heterocycles. The summed E-state index contributed by atoms with van der Waals surface area (Å²) in [5.41, 5.74) is -1.03. The van der Waals surface area contributed by atoms with Crippen molar-refractivity contribution in [3.05, 3.63) is 29.8 Å². The lowest BCUT2D eigenvalue weighted by Crippen LogP contribution is -2.45. The van der Waals surface area contributed by atoms with Gasteiger partial charge < -0.3 is 4.90 Å². The van der Waals surface area contributed by atoms with Gasteiger partial charge in [-0.1, -0.05) is 6.07 Å². The van der Waals surface area contributed by atoms with E-state index in [1.807, 2.05) is 0 Å². The third kappa shape index (κ3) is 3.50. The van der Waals surface area contributed by atoms with E-state index in [2.05, 4.69) is 0 Å². The number of halogens is 3. The molecular formula is C14H17F3N2O3S. The van der Waals surface area contributed by atoms with Gasteiger partial charge in [0.2, 0.25) is 15.9 Å². The molecule has 9 heteroatoms. The molecule has 1 unspecified atom stereocenters. The zero-order chi connectivity index (χ0) is 17.4. The van der Waals surface area contributed by atoms with Gasteiger partial charge in [0, 0.05) is 20.6 Å². The van der Waals surface area contributed by atoms with Crippen LogP contribution in [-0.4, -0.2) is 50.2 Å². The Bertz CT molecular complexity index is 701. The number of hydrogen-bond acceptors (Lipinski definition) is 3. The molecule has 1 saturated heterocycles. The number of likely N-dealkylation sites (N-methyl/N-ethyl adjacent to an activating group) is 1. The summed E-state index contributed by atoms with van der Waals surface area (Å²) in [4.78, 5) is 12.9. The molecule has 1 aliphatic heterocycles. The molecule has 5 nitrogen and oxygen atoms in total. The van der Waals surface area contributed by atoms with Gasteiger partial charge in [0.05, 0.1) is 10.5 Å². The van der Waals surface area contributed by atoms with Gasteiger partial charge in [0.15, 0.2) is 0 Å². The van der Waals surface area contributed by atoms with Crippen molar-refractivity contribution < 1.29 is 26.4 Å². The first-order valence-corrected chi connectivity index (χ1v) is 8.39. The van der Waals surface area contributed by atoms with Gasteiger partial charge in [-0.15, -0.1) is 0 Å². The van der Waals surface area contributed by atoms with Crippen LogP contribution in [0.5, 0.6) is 0 Å². The summed E-state index contributed by atoms with van der Waals surface area (Å²) in [6, 6.07) is 2.70. The number of carbonyl (C=O) groups is 1. The molecule has 1 amide bonds. The van der Waals surface area contributed by atoms with Gasteiger partial charge in [0.1, 0.15) is 6.04 Å². The molecule has 1 atom stereocenters. The van der Waals surface area contributed by atoms with Crippen molar-refractivity contribution in [1.82, 2.24) is 9.21 Å². The molecule has 0 saturated carbocycles. The Labute approximate surface area is 132 Å². The van der Waals surface area contributed by atoms with E-state index in [0.29, 0.717) is 18.9 Å². The lowest BCUT2D eigenvalue weighted by Gasteiger charge is -2.25. The van der Waals surface area contributed by atoms with E-state index >= 15 is 0 Å². The molecule has 0 aliphatic carbocycles. The van der Waals surface area contributed by atoms with Gasteiger partial charge >= 0.3 is 6.18 Å². The zero-order valence-electron chi connectivity index (χ0n) is 12.7. The van der Waals surface area contributed by atoms with E-state index in [0.717, 1.165) is 22.5 Å². The summed E-state index contributed by atoms with van der Waals surface area (Å²) >= 11 is 0. The van der Waals surface area contributed by atoms with Crippen LogP contribution in [0.25, 0.3) is 0 Å². The third-order valence-corrected chi connectivity index (χ3v) is 5.60. The minimum atomic E-state index is -4.63. The smallest absolute Gasteiger partial charge is 0.347 e. The fourth-order valence-electron chi connectivity index (χ4n) is 2.54. The van der Waals surface area contributed by atoms with E-state index < -0.39 is 32.7 Å². The van der Waals surface area contributed by atoms with E-state index in [1.54, 1.807) is 0 Å². The van der Waals surface area contributed by atoms with Crippen LogP contribution in [0.4, 0.5) is 13.2 Å². The highest BCUT2D eigenvalue weighted by Crippen LogP contribution is 2.32. The number of rotatable bonds is 3. The van der Waals surface area contributed by atoms with E-state index in [-0.39, 0.29) is 12.5 Å². The van der Waals surface area contributed by atoms with E-state index in [4.69, 9.17) is 0 Å². The normalized spacial score (nSPS) is 19.8. The zero-order valence-corrected chi connectivity index (χ0v) is 13.5. The molecule has 0 aromatic heterocycles. The monoisotopic (exact) mass is 350 g/mol. The molecular weight excluding hydrogens is 333 g/mol. The van der Waals surface area contributed by atoms with Gasteiger partial charge in [-0.25, -0.2) is 8.42 Å². The number of hydrogen-bond donors (Lipinski definition) is 0. The number of alkyl halides is 3. The predicted octanol–water partition coefficient (Wildman–Crippen LogP) is 1.95. The first kappa shape index (κ1) is 17.7. The summed E-state index contributed by atoms with van der Waals surface area (Å²) in [7, 11) is -1.14. The Balaban J connectivity index is 2.40. The summed E-state index contributed by atoms with van der Waals surface area (Å²) in [5, 5.41) is 0. The Morgan fingerprint density at radius 1 is 1.30 bits per heavy atom. The second-order valence-corrected chi connectivity index (χ2v) is 7.42. The Morgan fingerprint density at radius 3 is 2.52 bits per heavy atom. The average molecular weight is 350 g/mol. The standard InChI is InChI=1S/C14H17F3N2O3S/c1-18(2)13(20)12-7-4-8-19(12)23(21,22)11-6-3-5-10(9-11)14(15,16)17/h3,5-6,9,12H,4,7-8H2,1-2H3. The summed E-state index contributed by atoms with van der Waals surface area (Å²) in [6.07, 6.45) is -3.78. The summed E-state index contributed by atoms with van der Waals surface area (Å²) < 4.78 is 64.6. The molecule has 23 heavy (non-hydrogen) atoms. The van der Waals surface area contributed by atoms with Gasteiger partial charge in [-0.05, 0) is 31.0 Å². The number of sulfonamides is 1. The Hall–Kier alpha value is -1.61. The SMILES string of the molecule is CN(C)C(=O)C1CCCN1S(=O)(=O)c1cccc(C(F)(F)F)c1. The first-order chi connectivity index (χ1) is 10.5. The number of nitrogens with zero attached hydrogens (tertiary/aromatic N) is 2. The highest BCUT2D eigenvalue weighted by Gasteiger charge is 2.41. The minimum Gasteiger partial charge on any atom is -0.347 e. The second-order valence-electron chi connectivity index (χ2n) is 5.53. The van der Waals surface area contributed by atoms with Crippen LogP contribution in [0.3, 0.4) is 0 Å². The Kier molecular flexibility index (Phi) is 4.72. The molecule has 1 aliphatic rings. The maximum Gasteiger partial charge on any atom is 0.416 e. The molecule has 0 radical (unpaired) electrons. The fraction of sp³-hybridized carbons (Fsp3) is 0.500. The van der Waals surface area contributed by atoms with Crippen LogP contribution in [0.15, 0.2) is 29.2 Å². The molecule has 1 aromatic rings. The van der Waals surface area contributed by atoms with Crippen molar-refractivity contribution in [2.24, 2.45) is 0 Å². The molecule has 0 spiro atoms. The molecule has 0 bridgehead atoms. The van der Waals surface area contributed by atoms with Gasteiger partial charge in [0.25, 0.3) is 0 Å². The van der Waals surface area contributed by atoms with Crippen LogP contribution < -0.4 is 0 Å². The van der Waals surface area contributed by atoms with Crippen molar-refractivity contribution in [2.45, 2.75) is 30.0 Å². The van der Waals surface area contributed by atoms with Crippen molar-refractivity contribution in [1.29, 1.82) is 0 Å². The van der Waals surface area contributed by atoms with Crippen LogP contribution in [-0.2, 0) is 21.0 Å². The maximum atomic E-state index is 12.8. The average Bonchev–Trinajstić information content (AvgIpc) is 2.95. The van der Waals surface area contributed by atoms with Crippen molar-refractivity contribution >= 4 is 15.9 Å². The molecule has 2 rings (SSSR count). The van der Waals surface area contributed by atoms with Gasteiger partial charge in [-0.3, -0.25) is 4.79 Å². The maximum absolute atomic E-state index is 12.8. The Morgan fingerprint density at radius 2 is 1.96 bits per heavy atom. The highest BCUT2D eigenvalue weighted by atomic mass is 32.2. The molecule has 0 N–H and O–H groups in total. The molecule has 128 valence electrons. The van der Waals surface area contributed by atoms with Gasteiger partial charge in [-0.2, -0.15) is 17.5 Å². The molecule has 1 fully saturated rings.